The lowest BCUT2D eigenvalue weighted by Crippen LogP contribution is -2.47. The first kappa shape index (κ1) is 32.6. The molecule has 0 amide bonds. The van der Waals surface area contributed by atoms with Crippen molar-refractivity contribution in [3.05, 3.63) is 79.9 Å². The lowest BCUT2D eigenvalue weighted by Gasteiger charge is -2.38. The average Bonchev–Trinajstić information content (AvgIpc) is 3.70. The number of aromatic nitrogens is 4. The van der Waals surface area contributed by atoms with Gasteiger partial charge in [-0.15, -0.1) is 11.3 Å². The van der Waals surface area contributed by atoms with Crippen LogP contribution in [0.3, 0.4) is 0 Å². The quantitative estimate of drug-likeness (QED) is 0.218. The predicted octanol–water partition coefficient (Wildman–Crippen LogP) is 5.82. The molecule has 1 aromatic carbocycles. The van der Waals surface area contributed by atoms with Crippen LogP contribution < -0.4 is 10.5 Å². The van der Waals surface area contributed by atoms with Crippen molar-refractivity contribution in [1.29, 1.82) is 5.26 Å². The first-order valence-corrected chi connectivity index (χ1v) is 16.9. The molecule has 2 aliphatic heterocycles. The number of fused-ring (bicyclic) bond motifs is 3. The van der Waals surface area contributed by atoms with Crippen LogP contribution in [0.5, 0.6) is 0 Å². The molecule has 0 unspecified atom stereocenters. The molecule has 1 N–H and O–H groups in total. The van der Waals surface area contributed by atoms with Crippen molar-refractivity contribution in [2.45, 2.75) is 38.8 Å². The molecule has 0 aliphatic carbocycles. The second-order valence-electron chi connectivity index (χ2n) is 12.1. The maximum atomic E-state index is 14.0. The van der Waals surface area contributed by atoms with Crippen LogP contribution in [0.1, 0.15) is 40.2 Å². The van der Waals surface area contributed by atoms with Gasteiger partial charge in [0.25, 0.3) is 12.0 Å². The second kappa shape index (κ2) is 13.2. The van der Waals surface area contributed by atoms with E-state index < -0.39 is 18.0 Å². The molecule has 248 valence electrons. The zero-order chi connectivity index (χ0) is 34.4. The van der Waals surface area contributed by atoms with E-state index in [1.54, 1.807) is 47.7 Å². The molecule has 2 saturated heterocycles. The number of carboxylic acid groups (broad SMARTS) is 1. The molecule has 49 heavy (non-hydrogen) atoms. The third-order valence-corrected chi connectivity index (χ3v) is 10.5. The molecule has 0 radical (unpaired) electrons. The Morgan fingerprint density at radius 3 is 2.82 bits per heavy atom. The first-order chi connectivity index (χ1) is 23.6. The fourth-order valence-electron chi connectivity index (χ4n) is 7.06. The molecule has 5 aromatic rings. The highest BCUT2D eigenvalue weighted by atomic mass is 35.5. The number of halogens is 3. The number of pyridine rings is 2. The Morgan fingerprint density at radius 2 is 2.04 bits per heavy atom. The number of likely N-dealkylation sites (tertiary alicyclic amines) is 1. The third kappa shape index (κ3) is 5.99. The highest BCUT2D eigenvalue weighted by molar-refractivity contribution is 7.18. The fourth-order valence-corrected chi connectivity index (χ4v) is 8.26. The maximum Gasteiger partial charge on any atom is 0.338 e. The van der Waals surface area contributed by atoms with Crippen LogP contribution in [-0.4, -0.2) is 74.1 Å². The molecular weight excluding hydrogens is 672 g/mol. The minimum Gasteiger partial charge on any atom is -0.478 e. The summed E-state index contributed by atoms with van der Waals surface area (Å²) in [4.78, 5) is 43.1. The van der Waals surface area contributed by atoms with Crippen molar-refractivity contribution < 1.29 is 18.7 Å². The van der Waals surface area contributed by atoms with Crippen LogP contribution in [0.25, 0.3) is 32.2 Å². The Balaban J connectivity index is 1.22. The van der Waals surface area contributed by atoms with Gasteiger partial charge in [0.15, 0.2) is 0 Å². The Kier molecular flexibility index (Phi) is 8.75. The van der Waals surface area contributed by atoms with Gasteiger partial charge < -0.3 is 10.0 Å². The Labute approximate surface area is 288 Å². The van der Waals surface area contributed by atoms with Gasteiger partial charge >= 0.3 is 5.97 Å². The van der Waals surface area contributed by atoms with E-state index in [1.165, 1.54) is 22.1 Å². The van der Waals surface area contributed by atoms with Crippen molar-refractivity contribution >= 4 is 55.8 Å². The van der Waals surface area contributed by atoms with Crippen LogP contribution >= 0.6 is 22.9 Å². The summed E-state index contributed by atoms with van der Waals surface area (Å²) in [7, 11) is 0. The van der Waals surface area contributed by atoms with Crippen molar-refractivity contribution in [3.63, 3.8) is 0 Å². The van der Waals surface area contributed by atoms with Gasteiger partial charge in [-0.1, -0.05) is 23.4 Å². The normalized spacial score (nSPS) is 17.7. The molecule has 14 heteroatoms. The lowest BCUT2D eigenvalue weighted by atomic mass is 9.92. The van der Waals surface area contributed by atoms with Gasteiger partial charge in [0.2, 0.25) is 0 Å². The standard InChI is InChI=1S/C35H28ClF2N7O3S/c1-19-42-27-15-41-33(45-12-7-21-16-43(17-29(37)38)11-8-28(21)45)25(14-39)30(27)34(46)44(19)10-2-3-20-4-5-22(36)13-24(20)23-6-9-40-31-26(35(47)48)18-49-32(23)31/h4-6,9,13,15,18,21,28-29H,7-8,10-12,16-17H2,1H3,(H,47,48)/t21-,28+/m0/s1. The number of carboxylic acids is 1. The number of aryl methyl sites for hydroxylation is 1. The van der Waals surface area contributed by atoms with Crippen LogP contribution in [0, 0.1) is 36.0 Å². The topological polar surface area (TPSA) is 128 Å². The number of anilines is 1. The Bertz CT molecular complexity index is 2310. The smallest absolute Gasteiger partial charge is 0.338 e. The number of thiophene rings is 1. The van der Waals surface area contributed by atoms with Crippen molar-refractivity contribution in [1.82, 2.24) is 24.4 Å². The molecule has 4 aromatic heterocycles. The minimum atomic E-state index is -2.38. The van der Waals surface area contributed by atoms with E-state index >= 15 is 0 Å². The van der Waals surface area contributed by atoms with Gasteiger partial charge in [-0.25, -0.2) is 23.5 Å². The number of carbonyl (C=O) groups is 1. The van der Waals surface area contributed by atoms with Crippen molar-refractivity contribution in [3.8, 4) is 29.0 Å². The summed E-state index contributed by atoms with van der Waals surface area (Å²) >= 11 is 7.65. The number of piperidine rings is 1. The second-order valence-corrected chi connectivity index (χ2v) is 13.4. The zero-order valence-corrected chi connectivity index (χ0v) is 27.7. The van der Waals surface area contributed by atoms with E-state index in [0.717, 1.165) is 12.0 Å². The predicted molar refractivity (Wildman–Crippen MR) is 183 cm³/mol. The summed E-state index contributed by atoms with van der Waals surface area (Å²) < 4.78 is 28.2. The van der Waals surface area contributed by atoms with Gasteiger partial charge in [-0.2, -0.15) is 5.26 Å². The van der Waals surface area contributed by atoms with Gasteiger partial charge in [-0.05, 0) is 49.9 Å². The van der Waals surface area contributed by atoms with Gasteiger partial charge in [0.1, 0.15) is 23.3 Å². The molecule has 0 spiro atoms. The van der Waals surface area contributed by atoms with E-state index in [-0.39, 0.29) is 41.6 Å². The minimum absolute atomic E-state index is 0.0134. The Hall–Kier alpha value is -4.95. The molecule has 2 atom stereocenters. The van der Waals surface area contributed by atoms with Crippen LogP contribution in [0.4, 0.5) is 14.6 Å². The first-order valence-electron chi connectivity index (χ1n) is 15.6. The number of alkyl halides is 2. The molecule has 0 saturated carbocycles. The number of hydrogen-bond acceptors (Lipinski definition) is 9. The van der Waals surface area contributed by atoms with Gasteiger partial charge in [0, 0.05) is 59.0 Å². The monoisotopic (exact) mass is 699 g/mol. The number of nitriles is 1. The molecular formula is C35H28ClF2N7O3S. The molecule has 2 aliphatic rings. The highest BCUT2D eigenvalue weighted by Gasteiger charge is 2.40. The van der Waals surface area contributed by atoms with Gasteiger partial charge in [0.05, 0.1) is 46.0 Å². The largest absolute Gasteiger partial charge is 0.478 e. The van der Waals surface area contributed by atoms with E-state index in [0.29, 0.717) is 69.6 Å². The number of nitrogens with zero attached hydrogens (tertiary/aromatic N) is 7. The molecule has 2 fully saturated rings. The molecule has 7 rings (SSSR count). The summed E-state index contributed by atoms with van der Waals surface area (Å²) in [6.07, 6.45) is 2.13. The van der Waals surface area contributed by atoms with Crippen LogP contribution in [-0.2, 0) is 6.54 Å². The Morgan fingerprint density at radius 1 is 1.20 bits per heavy atom. The zero-order valence-electron chi connectivity index (χ0n) is 26.2. The van der Waals surface area contributed by atoms with Crippen molar-refractivity contribution in [2.24, 2.45) is 5.92 Å². The number of aromatic carboxylic acids is 1. The lowest BCUT2D eigenvalue weighted by molar-refractivity contribution is 0.0634. The van der Waals surface area contributed by atoms with E-state index in [4.69, 9.17) is 11.6 Å². The molecule has 0 bridgehead atoms. The van der Waals surface area contributed by atoms with Crippen LogP contribution in [0.2, 0.25) is 5.02 Å². The fraction of sp³-hybridized carbons (Fsp3) is 0.314. The van der Waals surface area contributed by atoms with Crippen LogP contribution in [0.15, 0.2) is 46.8 Å². The maximum absolute atomic E-state index is 14.0. The molecule has 6 heterocycles. The van der Waals surface area contributed by atoms with E-state index in [9.17, 15) is 28.7 Å². The summed E-state index contributed by atoms with van der Waals surface area (Å²) in [5.74, 6) is 6.16. The van der Waals surface area contributed by atoms with E-state index in [2.05, 4.69) is 37.8 Å². The highest BCUT2D eigenvalue weighted by Crippen LogP contribution is 2.38. The summed E-state index contributed by atoms with van der Waals surface area (Å²) in [5.41, 5.74) is 2.59. The number of rotatable bonds is 6. The van der Waals surface area contributed by atoms with Gasteiger partial charge in [-0.3, -0.25) is 19.2 Å². The number of benzene rings is 1. The average molecular weight is 700 g/mol. The third-order valence-electron chi connectivity index (χ3n) is 9.29. The summed E-state index contributed by atoms with van der Waals surface area (Å²) in [6, 6.07) is 9.27. The SMILES string of the molecule is Cc1nc2cnc(N3CC[C@H]4CN(CC(F)F)CC[C@H]43)c(C#N)c2c(=O)n1CC#Cc1ccc(Cl)cc1-c1ccnc2c(C(=O)O)csc12. The summed E-state index contributed by atoms with van der Waals surface area (Å²) in [5, 5.41) is 22.1. The van der Waals surface area contributed by atoms with Crippen molar-refractivity contribution in [2.75, 3.05) is 31.1 Å². The van der Waals surface area contributed by atoms with E-state index in [1.807, 2.05) is 0 Å². The number of hydrogen-bond donors (Lipinski definition) is 1. The summed E-state index contributed by atoms with van der Waals surface area (Å²) in [6.45, 7) is 3.14. The molecule has 10 nitrogen and oxygen atoms in total.